The van der Waals surface area contributed by atoms with Gasteiger partial charge in [0.1, 0.15) is 0 Å². The molecule has 5 nitrogen and oxygen atoms in total. The Morgan fingerprint density at radius 1 is 1.05 bits per heavy atom. The highest BCUT2D eigenvalue weighted by Gasteiger charge is 2.37. The lowest BCUT2D eigenvalue weighted by molar-refractivity contribution is -0.168. The van der Waals surface area contributed by atoms with E-state index in [0.717, 1.165) is 32.1 Å². The van der Waals surface area contributed by atoms with Gasteiger partial charge in [0.2, 0.25) is 0 Å². The molecule has 1 N–H and O–H groups in total. The molecule has 0 amide bonds. The molecular formula is C17H28O5. The fraction of sp³-hybridized carbons (Fsp3) is 0.824. The van der Waals surface area contributed by atoms with Crippen LogP contribution in [0.5, 0.6) is 0 Å². The third-order valence-corrected chi connectivity index (χ3v) is 4.26. The van der Waals surface area contributed by atoms with Crippen LogP contribution in [0, 0.1) is 17.8 Å². The van der Waals surface area contributed by atoms with E-state index in [1.807, 2.05) is 0 Å². The molecule has 1 aliphatic carbocycles. The Hall–Kier alpha value is -1.39. The molecule has 1 rings (SSSR count). The van der Waals surface area contributed by atoms with Crippen LogP contribution in [0.3, 0.4) is 0 Å². The number of ether oxygens (including phenoxy) is 1. The van der Waals surface area contributed by atoms with Gasteiger partial charge in [-0.2, -0.15) is 0 Å². The van der Waals surface area contributed by atoms with Crippen molar-refractivity contribution in [3.05, 3.63) is 0 Å². The number of carboxylic acid groups (broad SMARTS) is 1. The minimum atomic E-state index is -0.970. The van der Waals surface area contributed by atoms with Gasteiger partial charge in [-0.05, 0) is 25.2 Å². The average molecular weight is 312 g/mol. The minimum absolute atomic E-state index is 0.230. The zero-order chi connectivity index (χ0) is 16.5. The quantitative estimate of drug-likeness (QED) is 0.421. The van der Waals surface area contributed by atoms with E-state index in [1.54, 1.807) is 0 Å². The number of aliphatic carboxylic acids is 1. The van der Waals surface area contributed by atoms with Gasteiger partial charge in [-0.15, -0.1) is 0 Å². The third kappa shape index (κ3) is 6.58. The molecule has 0 heterocycles. The van der Waals surface area contributed by atoms with Gasteiger partial charge in [0.15, 0.2) is 0 Å². The van der Waals surface area contributed by atoms with Crippen LogP contribution in [0.4, 0.5) is 0 Å². The number of hydrogen-bond acceptors (Lipinski definition) is 4. The maximum Gasteiger partial charge on any atom is 0.317 e. The SMILES string of the molecule is CC(C)CCCCCC(=O)OC(=O)C1CCCCC1C(=O)O. The fourth-order valence-electron chi connectivity index (χ4n) is 2.95. The lowest BCUT2D eigenvalue weighted by Crippen LogP contribution is -2.34. The van der Waals surface area contributed by atoms with Crippen LogP contribution in [0.2, 0.25) is 0 Å². The summed E-state index contributed by atoms with van der Waals surface area (Å²) in [5.74, 6) is -2.87. The molecule has 126 valence electrons. The second-order valence-corrected chi connectivity index (χ2v) is 6.62. The van der Waals surface area contributed by atoms with E-state index in [1.165, 1.54) is 0 Å². The first-order valence-electron chi connectivity index (χ1n) is 8.39. The number of rotatable bonds is 8. The number of hydrogen-bond donors (Lipinski definition) is 1. The van der Waals surface area contributed by atoms with Crippen molar-refractivity contribution in [2.75, 3.05) is 0 Å². The van der Waals surface area contributed by atoms with Crippen LogP contribution >= 0.6 is 0 Å². The van der Waals surface area contributed by atoms with Crippen molar-refractivity contribution in [2.24, 2.45) is 17.8 Å². The van der Waals surface area contributed by atoms with Crippen molar-refractivity contribution in [1.29, 1.82) is 0 Å². The Balaban J connectivity index is 2.30. The highest BCUT2D eigenvalue weighted by Crippen LogP contribution is 2.31. The van der Waals surface area contributed by atoms with Gasteiger partial charge < -0.3 is 9.84 Å². The summed E-state index contributed by atoms with van der Waals surface area (Å²) in [6, 6.07) is 0. The maximum atomic E-state index is 12.0. The predicted octanol–water partition coefficient (Wildman–Crippen LogP) is 3.55. The summed E-state index contributed by atoms with van der Waals surface area (Å²) in [6.07, 6.45) is 6.70. The average Bonchev–Trinajstić information content (AvgIpc) is 2.46. The van der Waals surface area contributed by atoms with Crippen molar-refractivity contribution in [3.8, 4) is 0 Å². The van der Waals surface area contributed by atoms with E-state index in [2.05, 4.69) is 13.8 Å². The minimum Gasteiger partial charge on any atom is -0.481 e. The van der Waals surface area contributed by atoms with Crippen LogP contribution in [0.15, 0.2) is 0 Å². The molecule has 2 unspecified atom stereocenters. The molecule has 1 aliphatic rings. The smallest absolute Gasteiger partial charge is 0.317 e. The topological polar surface area (TPSA) is 80.7 Å². The van der Waals surface area contributed by atoms with Crippen molar-refractivity contribution in [3.63, 3.8) is 0 Å². The first-order chi connectivity index (χ1) is 10.4. The largest absolute Gasteiger partial charge is 0.481 e. The maximum absolute atomic E-state index is 12.0. The van der Waals surface area contributed by atoms with Gasteiger partial charge in [-0.1, -0.05) is 46.0 Å². The van der Waals surface area contributed by atoms with Crippen LogP contribution in [0.25, 0.3) is 0 Å². The number of carbonyl (C=O) groups excluding carboxylic acids is 2. The molecule has 22 heavy (non-hydrogen) atoms. The van der Waals surface area contributed by atoms with Gasteiger partial charge >= 0.3 is 17.9 Å². The molecule has 0 aromatic heterocycles. The van der Waals surface area contributed by atoms with Crippen molar-refractivity contribution >= 4 is 17.9 Å². The zero-order valence-corrected chi connectivity index (χ0v) is 13.7. The van der Waals surface area contributed by atoms with E-state index in [0.29, 0.717) is 25.2 Å². The number of esters is 2. The Morgan fingerprint density at radius 3 is 2.27 bits per heavy atom. The molecule has 0 bridgehead atoms. The number of unbranched alkanes of at least 4 members (excludes halogenated alkanes) is 2. The predicted molar refractivity (Wildman–Crippen MR) is 82.1 cm³/mol. The van der Waals surface area contributed by atoms with E-state index in [9.17, 15) is 14.4 Å². The molecule has 0 spiro atoms. The zero-order valence-electron chi connectivity index (χ0n) is 13.7. The number of carbonyl (C=O) groups is 3. The monoisotopic (exact) mass is 312 g/mol. The van der Waals surface area contributed by atoms with Gasteiger partial charge in [0.05, 0.1) is 11.8 Å². The Morgan fingerprint density at radius 2 is 1.68 bits per heavy atom. The van der Waals surface area contributed by atoms with E-state index in [-0.39, 0.29) is 6.42 Å². The second kappa shape index (κ2) is 9.59. The molecule has 2 atom stereocenters. The molecule has 0 radical (unpaired) electrons. The molecule has 0 aromatic carbocycles. The Bertz CT molecular complexity index is 389. The lowest BCUT2D eigenvalue weighted by Gasteiger charge is -2.26. The molecule has 5 heteroatoms. The summed E-state index contributed by atoms with van der Waals surface area (Å²) >= 11 is 0. The summed E-state index contributed by atoms with van der Waals surface area (Å²) in [4.78, 5) is 34.8. The summed E-state index contributed by atoms with van der Waals surface area (Å²) in [7, 11) is 0. The summed E-state index contributed by atoms with van der Waals surface area (Å²) < 4.78 is 4.86. The Labute approximate surface area is 132 Å². The highest BCUT2D eigenvalue weighted by molar-refractivity contribution is 5.89. The summed E-state index contributed by atoms with van der Waals surface area (Å²) in [5.41, 5.74) is 0. The molecule has 1 fully saturated rings. The third-order valence-electron chi connectivity index (χ3n) is 4.26. The standard InChI is InChI=1S/C17H28O5/c1-12(2)8-4-3-5-11-15(18)22-17(21)14-10-7-6-9-13(14)16(19)20/h12-14H,3-11H2,1-2H3,(H,19,20). The van der Waals surface area contributed by atoms with E-state index >= 15 is 0 Å². The summed E-state index contributed by atoms with van der Waals surface area (Å²) in [6.45, 7) is 4.33. The molecule has 1 saturated carbocycles. The van der Waals surface area contributed by atoms with Crippen LogP contribution < -0.4 is 0 Å². The van der Waals surface area contributed by atoms with Gasteiger partial charge in [0, 0.05) is 6.42 Å². The molecular weight excluding hydrogens is 284 g/mol. The summed E-state index contributed by atoms with van der Waals surface area (Å²) in [5, 5.41) is 9.14. The molecule has 0 aromatic rings. The van der Waals surface area contributed by atoms with Gasteiger partial charge in [-0.25, -0.2) is 0 Å². The first kappa shape index (κ1) is 18.7. The van der Waals surface area contributed by atoms with Gasteiger partial charge in [0.25, 0.3) is 0 Å². The van der Waals surface area contributed by atoms with Crippen molar-refractivity contribution in [2.45, 2.75) is 71.6 Å². The first-order valence-corrected chi connectivity index (χ1v) is 8.39. The van der Waals surface area contributed by atoms with Crippen molar-refractivity contribution in [1.82, 2.24) is 0 Å². The van der Waals surface area contributed by atoms with Crippen molar-refractivity contribution < 1.29 is 24.2 Å². The van der Waals surface area contributed by atoms with Crippen LogP contribution in [-0.2, 0) is 19.1 Å². The second-order valence-electron chi connectivity index (χ2n) is 6.62. The van der Waals surface area contributed by atoms with Crippen LogP contribution in [-0.4, -0.2) is 23.0 Å². The van der Waals surface area contributed by atoms with Gasteiger partial charge in [-0.3, -0.25) is 14.4 Å². The van der Waals surface area contributed by atoms with E-state index < -0.39 is 29.7 Å². The normalized spacial score (nSPS) is 21.6. The lowest BCUT2D eigenvalue weighted by atomic mass is 9.79. The number of carboxylic acids is 1. The Kier molecular flexibility index (Phi) is 8.13. The fourth-order valence-corrected chi connectivity index (χ4v) is 2.95. The van der Waals surface area contributed by atoms with E-state index in [4.69, 9.17) is 9.84 Å². The molecule has 0 aliphatic heterocycles. The molecule has 0 saturated heterocycles. The van der Waals surface area contributed by atoms with Crippen LogP contribution in [0.1, 0.15) is 71.6 Å². The highest BCUT2D eigenvalue weighted by atomic mass is 16.6.